The molecule has 0 bridgehead atoms. The second kappa shape index (κ2) is 5.89. The Morgan fingerprint density at radius 1 is 1.39 bits per heavy atom. The van der Waals surface area contributed by atoms with Gasteiger partial charge in [-0.25, -0.2) is 14.4 Å². The maximum absolute atomic E-state index is 13.3. The molecule has 2 aromatic rings. The van der Waals surface area contributed by atoms with Gasteiger partial charge in [0.15, 0.2) is 0 Å². The highest BCUT2D eigenvalue weighted by Crippen LogP contribution is 2.27. The zero-order valence-corrected chi connectivity index (χ0v) is 10.7. The van der Waals surface area contributed by atoms with E-state index in [0.29, 0.717) is 10.6 Å². The number of halogens is 2. The van der Waals surface area contributed by atoms with Gasteiger partial charge in [-0.05, 0) is 36.4 Å². The number of hydrogen-bond donors (Lipinski definition) is 1. The Morgan fingerprint density at radius 3 is 2.89 bits per heavy atom. The van der Waals surface area contributed by atoms with Gasteiger partial charge in [0.2, 0.25) is 0 Å². The largest absolute Gasteiger partial charge is 0.305 e. The van der Waals surface area contributed by atoms with Gasteiger partial charge in [0, 0.05) is 11.2 Å². The van der Waals surface area contributed by atoms with Crippen molar-refractivity contribution in [1.29, 1.82) is 0 Å². The molecule has 1 aromatic carbocycles. The number of nitrogens with one attached hydrogen (secondary N) is 1. The SMILES string of the molecule is CCNC(c1ccncn1)c1cc(F)ccc1Cl. The molecule has 1 unspecified atom stereocenters. The van der Waals surface area contributed by atoms with Crippen LogP contribution in [0.25, 0.3) is 0 Å². The van der Waals surface area contributed by atoms with E-state index in [0.717, 1.165) is 12.2 Å². The Morgan fingerprint density at radius 2 is 2.22 bits per heavy atom. The lowest BCUT2D eigenvalue weighted by Gasteiger charge is -2.18. The monoisotopic (exact) mass is 265 g/mol. The highest BCUT2D eigenvalue weighted by atomic mass is 35.5. The first-order valence-corrected chi connectivity index (χ1v) is 6.04. The Balaban J connectivity index is 2.44. The summed E-state index contributed by atoms with van der Waals surface area (Å²) in [4.78, 5) is 8.07. The summed E-state index contributed by atoms with van der Waals surface area (Å²) in [6, 6.07) is 5.88. The fraction of sp³-hybridized carbons (Fsp3) is 0.231. The van der Waals surface area contributed by atoms with Crippen LogP contribution in [0.5, 0.6) is 0 Å². The van der Waals surface area contributed by atoms with Crippen LogP contribution in [0.2, 0.25) is 5.02 Å². The van der Waals surface area contributed by atoms with Crippen molar-refractivity contribution in [2.75, 3.05) is 6.54 Å². The van der Waals surface area contributed by atoms with Crippen molar-refractivity contribution in [2.24, 2.45) is 0 Å². The molecule has 3 nitrogen and oxygen atoms in total. The summed E-state index contributed by atoms with van der Waals surface area (Å²) < 4.78 is 13.3. The second-order valence-corrected chi connectivity index (χ2v) is 4.20. The molecule has 2 rings (SSSR count). The van der Waals surface area contributed by atoms with Crippen molar-refractivity contribution < 1.29 is 4.39 Å². The van der Waals surface area contributed by atoms with Gasteiger partial charge in [0.05, 0.1) is 11.7 Å². The van der Waals surface area contributed by atoms with Crippen LogP contribution in [0.4, 0.5) is 4.39 Å². The highest BCUT2D eigenvalue weighted by Gasteiger charge is 2.17. The van der Waals surface area contributed by atoms with E-state index >= 15 is 0 Å². The molecule has 0 radical (unpaired) electrons. The van der Waals surface area contributed by atoms with Crippen molar-refractivity contribution in [3.8, 4) is 0 Å². The maximum Gasteiger partial charge on any atom is 0.123 e. The average Bonchev–Trinajstić information content (AvgIpc) is 2.40. The summed E-state index contributed by atoms with van der Waals surface area (Å²) in [5, 5.41) is 3.76. The van der Waals surface area contributed by atoms with E-state index in [1.54, 1.807) is 18.3 Å². The molecule has 0 spiro atoms. The molecule has 1 N–H and O–H groups in total. The van der Waals surface area contributed by atoms with Gasteiger partial charge < -0.3 is 5.32 Å². The third kappa shape index (κ3) is 2.83. The quantitative estimate of drug-likeness (QED) is 0.924. The molecule has 0 saturated carbocycles. The van der Waals surface area contributed by atoms with Crippen LogP contribution >= 0.6 is 11.6 Å². The van der Waals surface area contributed by atoms with Gasteiger partial charge in [-0.1, -0.05) is 18.5 Å². The normalized spacial score (nSPS) is 12.4. The van der Waals surface area contributed by atoms with Crippen LogP contribution in [0.15, 0.2) is 36.8 Å². The van der Waals surface area contributed by atoms with E-state index < -0.39 is 0 Å². The van der Waals surface area contributed by atoms with E-state index in [1.165, 1.54) is 18.5 Å². The molecule has 1 atom stereocenters. The van der Waals surface area contributed by atoms with Crippen molar-refractivity contribution in [3.05, 3.63) is 58.9 Å². The molecule has 5 heteroatoms. The van der Waals surface area contributed by atoms with E-state index in [1.807, 2.05) is 6.92 Å². The molecular formula is C13H13ClFN3. The molecular weight excluding hydrogens is 253 g/mol. The lowest BCUT2D eigenvalue weighted by molar-refractivity contribution is 0.594. The van der Waals surface area contributed by atoms with Gasteiger partial charge in [-0.2, -0.15) is 0 Å². The smallest absolute Gasteiger partial charge is 0.123 e. The van der Waals surface area contributed by atoms with Crippen LogP contribution in [0.1, 0.15) is 24.2 Å². The molecule has 0 aliphatic rings. The Labute approximate surface area is 110 Å². The summed E-state index contributed by atoms with van der Waals surface area (Å²) in [7, 11) is 0. The molecule has 0 amide bonds. The average molecular weight is 266 g/mol. The zero-order valence-electron chi connectivity index (χ0n) is 9.90. The van der Waals surface area contributed by atoms with Gasteiger partial charge in [-0.3, -0.25) is 0 Å². The van der Waals surface area contributed by atoms with Crippen LogP contribution in [-0.2, 0) is 0 Å². The molecule has 0 aliphatic heterocycles. The molecule has 1 heterocycles. The standard InChI is InChI=1S/C13H13ClFN3/c1-2-17-13(12-5-6-16-8-18-12)10-7-9(15)3-4-11(10)14/h3-8,13,17H,2H2,1H3. The van der Waals surface area contributed by atoms with Crippen molar-refractivity contribution >= 4 is 11.6 Å². The van der Waals surface area contributed by atoms with Crippen LogP contribution < -0.4 is 5.32 Å². The third-order valence-corrected chi connectivity index (χ3v) is 2.92. The molecule has 18 heavy (non-hydrogen) atoms. The zero-order chi connectivity index (χ0) is 13.0. The van der Waals surface area contributed by atoms with E-state index in [4.69, 9.17) is 11.6 Å². The fourth-order valence-electron chi connectivity index (χ4n) is 1.79. The lowest BCUT2D eigenvalue weighted by Crippen LogP contribution is -2.23. The topological polar surface area (TPSA) is 37.8 Å². The van der Waals surface area contributed by atoms with Crippen molar-refractivity contribution in [2.45, 2.75) is 13.0 Å². The highest BCUT2D eigenvalue weighted by molar-refractivity contribution is 6.31. The summed E-state index contributed by atoms with van der Waals surface area (Å²) in [5.41, 5.74) is 1.44. The summed E-state index contributed by atoms with van der Waals surface area (Å²) in [6.45, 7) is 2.70. The van der Waals surface area contributed by atoms with E-state index in [9.17, 15) is 4.39 Å². The van der Waals surface area contributed by atoms with E-state index in [2.05, 4.69) is 15.3 Å². The van der Waals surface area contributed by atoms with Crippen molar-refractivity contribution in [1.82, 2.24) is 15.3 Å². The van der Waals surface area contributed by atoms with Crippen LogP contribution in [-0.4, -0.2) is 16.5 Å². The molecule has 0 fully saturated rings. The molecule has 94 valence electrons. The van der Waals surface area contributed by atoms with Crippen LogP contribution in [0, 0.1) is 5.82 Å². The minimum atomic E-state index is -0.314. The first-order chi connectivity index (χ1) is 8.72. The molecule has 0 aliphatic carbocycles. The minimum absolute atomic E-state index is 0.235. The number of benzene rings is 1. The van der Waals surface area contributed by atoms with Crippen LogP contribution in [0.3, 0.4) is 0 Å². The summed E-state index contributed by atoms with van der Waals surface area (Å²) >= 11 is 6.13. The number of aromatic nitrogens is 2. The third-order valence-electron chi connectivity index (χ3n) is 2.58. The molecule has 0 saturated heterocycles. The number of nitrogens with zero attached hydrogens (tertiary/aromatic N) is 2. The Kier molecular flexibility index (Phi) is 4.23. The minimum Gasteiger partial charge on any atom is -0.305 e. The summed E-state index contributed by atoms with van der Waals surface area (Å²) in [6.07, 6.45) is 3.12. The van der Waals surface area contributed by atoms with Crippen molar-refractivity contribution in [3.63, 3.8) is 0 Å². The lowest BCUT2D eigenvalue weighted by atomic mass is 10.0. The van der Waals surface area contributed by atoms with Gasteiger partial charge in [0.1, 0.15) is 12.1 Å². The van der Waals surface area contributed by atoms with E-state index in [-0.39, 0.29) is 11.9 Å². The first-order valence-electron chi connectivity index (χ1n) is 5.66. The predicted molar refractivity (Wildman–Crippen MR) is 69.0 cm³/mol. The number of hydrogen-bond acceptors (Lipinski definition) is 3. The van der Waals surface area contributed by atoms with Gasteiger partial charge in [-0.15, -0.1) is 0 Å². The predicted octanol–water partition coefficient (Wildman–Crippen LogP) is 2.97. The number of rotatable bonds is 4. The molecule has 1 aromatic heterocycles. The Bertz CT molecular complexity index is 519. The fourth-order valence-corrected chi connectivity index (χ4v) is 2.01. The maximum atomic E-state index is 13.3. The summed E-state index contributed by atoms with van der Waals surface area (Å²) in [5.74, 6) is -0.314. The van der Waals surface area contributed by atoms with Gasteiger partial charge >= 0.3 is 0 Å². The second-order valence-electron chi connectivity index (χ2n) is 3.79. The van der Waals surface area contributed by atoms with Gasteiger partial charge in [0.25, 0.3) is 0 Å². The first kappa shape index (κ1) is 12.9. The Hall–Kier alpha value is -1.52.